The molecule has 1 saturated heterocycles. The third-order valence-electron chi connectivity index (χ3n) is 3.12. The van der Waals surface area contributed by atoms with Crippen LogP contribution in [0.2, 0.25) is 10.0 Å². The second kappa shape index (κ2) is 5.25. The first-order valence-corrected chi connectivity index (χ1v) is 6.30. The first kappa shape index (κ1) is 12.7. The summed E-state index contributed by atoms with van der Waals surface area (Å²) in [6.07, 6.45) is 0. The van der Waals surface area contributed by atoms with Crippen molar-refractivity contribution in [1.82, 2.24) is 5.32 Å². The van der Waals surface area contributed by atoms with Gasteiger partial charge in [-0.25, -0.2) is 0 Å². The van der Waals surface area contributed by atoms with E-state index >= 15 is 0 Å². The average molecular weight is 273 g/mol. The van der Waals surface area contributed by atoms with Crippen LogP contribution >= 0.6 is 23.2 Å². The Hall–Kier alpha value is -0.770. The van der Waals surface area contributed by atoms with Crippen LogP contribution in [-0.2, 0) is 4.79 Å². The van der Waals surface area contributed by atoms with Crippen molar-refractivity contribution < 1.29 is 4.79 Å². The lowest BCUT2D eigenvalue weighted by Crippen LogP contribution is -2.48. The van der Waals surface area contributed by atoms with Crippen LogP contribution in [0, 0.1) is 11.8 Å². The minimum Gasteiger partial charge on any atom is -0.326 e. The summed E-state index contributed by atoms with van der Waals surface area (Å²) >= 11 is 11.7. The molecule has 0 aliphatic carbocycles. The molecule has 1 aliphatic rings. The molecule has 0 bridgehead atoms. The number of benzene rings is 1. The number of carbonyl (C=O) groups excluding carboxylic acids is 1. The van der Waals surface area contributed by atoms with Crippen LogP contribution in [-0.4, -0.2) is 19.0 Å². The van der Waals surface area contributed by atoms with Crippen LogP contribution in [0.4, 0.5) is 5.69 Å². The minimum absolute atomic E-state index is 0.00528. The topological polar surface area (TPSA) is 41.1 Å². The molecule has 1 aromatic rings. The fourth-order valence-electron chi connectivity index (χ4n) is 1.71. The summed E-state index contributed by atoms with van der Waals surface area (Å²) in [4.78, 5) is 11.9. The first-order valence-electron chi connectivity index (χ1n) is 5.54. The molecule has 1 heterocycles. The Bertz CT molecular complexity index is 433. The van der Waals surface area contributed by atoms with E-state index in [0.717, 1.165) is 13.1 Å². The highest BCUT2D eigenvalue weighted by atomic mass is 35.5. The zero-order chi connectivity index (χ0) is 12.4. The van der Waals surface area contributed by atoms with Gasteiger partial charge in [-0.05, 0) is 37.2 Å². The van der Waals surface area contributed by atoms with Crippen molar-refractivity contribution in [2.45, 2.75) is 6.92 Å². The third-order valence-corrected chi connectivity index (χ3v) is 3.86. The summed E-state index contributed by atoms with van der Waals surface area (Å²) in [6, 6.07) is 5.08. The van der Waals surface area contributed by atoms with Gasteiger partial charge in [0.25, 0.3) is 0 Å². The monoisotopic (exact) mass is 272 g/mol. The molecule has 5 heteroatoms. The molecule has 0 radical (unpaired) electrons. The van der Waals surface area contributed by atoms with E-state index in [1.807, 2.05) is 6.92 Å². The fourth-order valence-corrected chi connectivity index (χ4v) is 2.01. The molecule has 1 amide bonds. The van der Waals surface area contributed by atoms with E-state index in [4.69, 9.17) is 23.2 Å². The van der Waals surface area contributed by atoms with Gasteiger partial charge in [0.15, 0.2) is 0 Å². The van der Waals surface area contributed by atoms with Crippen molar-refractivity contribution in [2.24, 2.45) is 11.8 Å². The fraction of sp³-hybridized carbons (Fsp3) is 0.417. The Morgan fingerprint density at radius 1 is 1.41 bits per heavy atom. The van der Waals surface area contributed by atoms with Gasteiger partial charge in [0.2, 0.25) is 5.91 Å². The lowest BCUT2D eigenvalue weighted by Gasteiger charge is -2.31. The Balaban J connectivity index is 1.99. The van der Waals surface area contributed by atoms with E-state index in [2.05, 4.69) is 10.6 Å². The van der Waals surface area contributed by atoms with Crippen LogP contribution in [0.25, 0.3) is 0 Å². The van der Waals surface area contributed by atoms with Crippen molar-refractivity contribution >= 4 is 34.8 Å². The van der Waals surface area contributed by atoms with E-state index in [9.17, 15) is 4.79 Å². The molecule has 2 rings (SSSR count). The number of carbonyl (C=O) groups is 1. The van der Waals surface area contributed by atoms with E-state index in [0.29, 0.717) is 21.7 Å². The summed E-state index contributed by atoms with van der Waals surface area (Å²) < 4.78 is 0. The Kier molecular flexibility index (Phi) is 3.92. The maximum Gasteiger partial charge on any atom is 0.227 e. The van der Waals surface area contributed by atoms with Crippen LogP contribution in [0.5, 0.6) is 0 Å². The van der Waals surface area contributed by atoms with E-state index in [-0.39, 0.29) is 11.8 Å². The molecule has 1 aromatic carbocycles. The molecule has 17 heavy (non-hydrogen) atoms. The molecule has 3 nitrogen and oxygen atoms in total. The van der Waals surface area contributed by atoms with Crippen LogP contribution < -0.4 is 10.6 Å². The maximum absolute atomic E-state index is 11.9. The smallest absolute Gasteiger partial charge is 0.227 e. The van der Waals surface area contributed by atoms with Crippen molar-refractivity contribution in [1.29, 1.82) is 0 Å². The summed E-state index contributed by atoms with van der Waals surface area (Å²) in [5, 5.41) is 6.94. The van der Waals surface area contributed by atoms with E-state index < -0.39 is 0 Å². The molecule has 0 saturated carbocycles. The molecule has 0 aromatic heterocycles. The molecular weight excluding hydrogens is 259 g/mol. The second-order valence-corrected chi connectivity index (χ2v) is 5.14. The van der Waals surface area contributed by atoms with Gasteiger partial charge in [0.05, 0.1) is 10.0 Å². The van der Waals surface area contributed by atoms with Gasteiger partial charge in [-0.15, -0.1) is 0 Å². The molecule has 1 unspecified atom stereocenters. The highest BCUT2D eigenvalue weighted by Crippen LogP contribution is 2.26. The van der Waals surface area contributed by atoms with Crippen molar-refractivity contribution in [2.75, 3.05) is 18.4 Å². The summed E-state index contributed by atoms with van der Waals surface area (Å²) in [7, 11) is 0. The summed E-state index contributed by atoms with van der Waals surface area (Å²) in [6.45, 7) is 3.77. The zero-order valence-electron chi connectivity index (χ0n) is 9.47. The van der Waals surface area contributed by atoms with Crippen molar-refractivity contribution in [3.05, 3.63) is 28.2 Å². The lowest BCUT2D eigenvalue weighted by molar-refractivity contribution is -0.121. The van der Waals surface area contributed by atoms with Crippen molar-refractivity contribution in [3.8, 4) is 0 Å². The van der Waals surface area contributed by atoms with Gasteiger partial charge in [-0.2, -0.15) is 0 Å². The normalized spacial score (nSPS) is 17.4. The van der Waals surface area contributed by atoms with Gasteiger partial charge < -0.3 is 10.6 Å². The van der Waals surface area contributed by atoms with Gasteiger partial charge in [-0.3, -0.25) is 4.79 Å². The van der Waals surface area contributed by atoms with E-state index in [1.165, 1.54) is 0 Å². The number of nitrogens with one attached hydrogen (secondary N) is 2. The molecule has 1 atom stereocenters. The largest absolute Gasteiger partial charge is 0.326 e. The highest BCUT2D eigenvalue weighted by Gasteiger charge is 2.28. The number of halogens is 2. The summed E-state index contributed by atoms with van der Waals surface area (Å²) in [5.74, 6) is 0.457. The molecule has 1 fully saturated rings. The van der Waals surface area contributed by atoms with Crippen LogP contribution in [0.1, 0.15) is 6.92 Å². The third kappa shape index (κ3) is 2.92. The number of hydrogen-bond acceptors (Lipinski definition) is 2. The first-order chi connectivity index (χ1) is 8.08. The number of anilines is 1. The van der Waals surface area contributed by atoms with Gasteiger partial charge in [0, 0.05) is 11.6 Å². The SMILES string of the molecule is CC(C(=O)Nc1ccc(Cl)c(Cl)c1)C1CNC1. The Morgan fingerprint density at radius 3 is 2.65 bits per heavy atom. The minimum atomic E-state index is 0.00528. The maximum atomic E-state index is 11.9. The van der Waals surface area contributed by atoms with Gasteiger partial charge >= 0.3 is 0 Å². The lowest BCUT2D eigenvalue weighted by atomic mass is 9.88. The molecule has 2 N–H and O–H groups in total. The summed E-state index contributed by atoms with van der Waals surface area (Å²) in [5.41, 5.74) is 0.684. The molecular formula is C12H14Cl2N2O. The molecule has 0 spiro atoms. The zero-order valence-corrected chi connectivity index (χ0v) is 11.0. The second-order valence-electron chi connectivity index (χ2n) is 4.33. The molecule has 1 aliphatic heterocycles. The quantitative estimate of drug-likeness (QED) is 0.889. The van der Waals surface area contributed by atoms with Crippen molar-refractivity contribution in [3.63, 3.8) is 0 Å². The standard InChI is InChI=1S/C12H14Cl2N2O/c1-7(8-5-15-6-8)12(17)16-9-2-3-10(13)11(14)4-9/h2-4,7-8,15H,5-6H2,1H3,(H,16,17). The average Bonchev–Trinajstić information content (AvgIpc) is 2.21. The number of amides is 1. The number of hydrogen-bond donors (Lipinski definition) is 2. The predicted octanol–water partition coefficient (Wildman–Crippen LogP) is 2.79. The van der Waals surface area contributed by atoms with Gasteiger partial charge in [-0.1, -0.05) is 30.1 Å². The van der Waals surface area contributed by atoms with E-state index in [1.54, 1.807) is 18.2 Å². The Labute approximate surface area is 110 Å². The Morgan fingerprint density at radius 2 is 2.12 bits per heavy atom. The predicted molar refractivity (Wildman–Crippen MR) is 70.6 cm³/mol. The van der Waals surface area contributed by atoms with Crippen LogP contribution in [0.15, 0.2) is 18.2 Å². The number of rotatable bonds is 3. The highest BCUT2D eigenvalue weighted by molar-refractivity contribution is 6.42. The van der Waals surface area contributed by atoms with Crippen LogP contribution in [0.3, 0.4) is 0 Å². The molecule has 92 valence electrons. The van der Waals surface area contributed by atoms with Gasteiger partial charge in [0.1, 0.15) is 0 Å².